The van der Waals surface area contributed by atoms with E-state index in [9.17, 15) is 4.79 Å². The van der Waals surface area contributed by atoms with Gasteiger partial charge in [-0.1, -0.05) is 30.3 Å². The molecule has 0 radical (unpaired) electrons. The molecule has 2 N–H and O–H groups in total. The lowest BCUT2D eigenvalue weighted by Gasteiger charge is -2.35. The molecule has 1 aliphatic heterocycles. The van der Waals surface area contributed by atoms with Crippen LogP contribution in [-0.4, -0.2) is 36.1 Å². The van der Waals surface area contributed by atoms with E-state index in [1.54, 1.807) is 12.4 Å². The average molecular weight is 427 g/mol. The van der Waals surface area contributed by atoms with E-state index in [0.29, 0.717) is 24.2 Å². The van der Waals surface area contributed by atoms with Gasteiger partial charge in [0.2, 0.25) is 0 Å². The standard InChI is InChI=1S/C27H30N4O/c32-27(29-19-20-4-3-13-28-18-20)21-7-9-26(10-8-21)31-14-11-24(12-15-31)30-25-16-22-5-1-2-6-23(22)17-25/h1-10,13,18,24-25,30H,11-12,14-17,19H2,(H,29,32). The maximum Gasteiger partial charge on any atom is 0.251 e. The zero-order valence-electron chi connectivity index (χ0n) is 18.3. The number of piperidine rings is 1. The van der Waals surface area contributed by atoms with E-state index in [4.69, 9.17) is 0 Å². The van der Waals surface area contributed by atoms with Gasteiger partial charge in [0.25, 0.3) is 5.91 Å². The van der Waals surface area contributed by atoms with E-state index in [1.807, 2.05) is 24.3 Å². The van der Waals surface area contributed by atoms with Gasteiger partial charge in [-0.15, -0.1) is 0 Å². The number of carbonyl (C=O) groups excluding carboxylic acids is 1. The van der Waals surface area contributed by atoms with Crippen molar-refractivity contribution < 1.29 is 4.79 Å². The third-order valence-electron chi connectivity index (χ3n) is 6.69. The molecule has 32 heavy (non-hydrogen) atoms. The molecule has 0 atom stereocenters. The summed E-state index contributed by atoms with van der Waals surface area (Å²) in [6.07, 6.45) is 8.12. The Bertz CT molecular complexity index is 1020. The first-order chi connectivity index (χ1) is 15.7. The summed E-state index contributed by atoms with van der Waals surface area (Å²) in [5, 5.41) is 6.86. The number of amides is 1. The van der Waals surface area contributed by atoms with Crippen molar-refractivity contribution in [1.82, 2.24) is 15.6 Å². The van der Waals surface area contributed by atoms with Gasteiger partial charge in [-0.2, -0.15) is 0 Å². The molecular weight excluding hydrogens is 396 g/mol. The molecule has 3 aromatic rings. The molecule has 5 rings (SSSR count). The number of nitrogens with zero attached hydrogens (tertiary/aromatic N) is 2. The van der Waals surface area contributed by atoms with Crippen LogP contribution in [0.1, 0.15) is 39.9 Å². The van der Waals surface area contributed by atoms with Crippen LogP contribution in [0.15, 0.2) is 73.1 Å². The number of fused-ring (bicyclic) bond motifs is 1. The molecule has 0 unspecified atom stereocenters. The topological polar surface area (TPSA) is 57.3 Å². The zero-order valence-corrected chi connectivity index (χ0v) is 18.3. The van der Waals surface area contributed by atoms with Crippen molar-refractivity contribution in [2.75, 3.05) is 18.0 Å². The monoisotopic (exact) mass is 426 g/mol. The summed E-state index contributed by atoms with van der Waals surface area (Å²) in [5.74, 6) is -0.0547. The summed E-state index contributed by atoms with van der Waals surface area (Å²) in [6, 6.07) is 21.8. The number of anilines is 1. The number of hydrogen-bond acceptors (Lipinski definition) is 4. The second kappa shape index (κ2) is 9.53. The molecule has 0 spiro atoms. The Morgan fingerprint density at radius 1 is 0.906 bits per heavy atom. The first-order valence-corrected chi connectivity index (χ1v) is 11.6. The number of rotatable bonds is 6. The van der Waals surface area contributed by atoms with Crippen LogP contribution in [0.4, 0.5) is 5.69 Å². The summed E-state index contributed by atoms with van der Waals surface area (Å²) in [4.78, 5) is 19.0. The Kier molecular flexibility index (Phi) is 6.17. The van der Waals surface area contributed by atoms with Crippen LogP contribution >= 0.6 is 0 Å². The second-order valence-electron chi connectivity index (χ2n) is 8.89. The van der Waals surface area contributed by atoms with E-state index in [2.05, 4.69) is 56.9 Å². The highest BCUT2D eigenvalue weighted by molar-refractivity contribution is 5.94. The van der Waals surface area contributed by atoms with Gasteiger partial charge in [0, 0.05) is 55.4 Å². The van der Waals surface area contributed by atoms with Gasteiger partial charge in [0.1, 0.15) is 0 Å². The lowest BCUT2D eigenvalue weighted by Crippen LogP contribution is -2.46. The lowest BCUT2D eigenvalue weighted by molar-refractivity contribution is 0.0951. The van der Waals surface area contributed by atoms with E-state index in [0.717, 1.165) is 44.3 Å². The fraction of sp³-hybridized carbons (Fsp3) is 0.333. The van der Waals surface area contributed by atoms with Crippen molar-refractivity contribution in [2.24, 2.45) is 0 Å². The molecule has 0 bridgehead atoms. The Morgan fingerprint density at radius 3 is 2.28 bits per heavy atom. The van der Waals surface area contributed by atoms with Crippen molar-refractivity contribution >= 4 is 11.6 Å². The minimum Gasteiger partial charge on any atom is -0.371 e. The van der Waals surface area contributed by atoms with Gasteiger partial charge in [-0.3, -0.25) is 9.78 Å². The maximum atomic E-state index is 12.4. The molecule has 0 saturated carbocycles. The highest BCUT2D eigenvalue weighted by Gasteiger charge is 2.26. The molecule has 2 aliphatic rings. The number of hydrogen-bond donors (Lipinski definition) is 2. The molecule has 1 amide bonds. The SMILES string of the molecule is O=C(NCc1cccnc1)c1ccc(N2CCC(NC3Cc4ccccc4C3)CC2)cc1. The van der Waals surface area contributed by atoms with Gasteiger partial charge in [-0.05, 0) is 72.7 Å². The van der Waals surface area contributed by atoms with Crippen LogP contribution in [0.3, 0.4) is 0 Å². The van der Waals surface area contributed by atoms with Gasteiger partial charge >= 0.3 is 0 Å². The Hall–Kier alpha value is -3.18. The number of carbonyl (C=O) groups is 1. The van der Waals surface area contributed by atoms with E-state index in [1.165, 1.54) is 16.8 Å². The Morgan fingerprint density at radius 2 is 1.62 bits per heavy atom. The predicted molar refractivity (Wildman–Crippen MR) is 128 cm³/mol. The molecule has 164 valence electrons. The molecule has 5 heteroatoms. The lowest BCUT2D eigenvalue weighted by atomic mass is 10.0. The van der Waals surface area contributed by atoms with Gasteiger partial charge in [0.15, 0.2) is 0 Å². The smallest absolute Gasteiger partial charge is 0.251 e. The first kappa shape index (κ1) is 20.7. The number of aromatic nitrogens is 1. The Balaban J connectivity index is 1.09. The first-order valence-electron chi connectivity index (χ1n) is 11.6. The summed E-state index contributed by atoms with van der Waals surface area (Å²) in [7, 11) is 0. The number of pyridine rings is 1. The summed E-state index contributed by atoms with van der Waals surface area (Å²) in [5.41, 5.74) is 5.89. The molecule has 1 aromatic heterocycles. The fourth-order valence-corrected chi connectivity index (χ4v) is 4.93. The maximum absolute atomic E-state index is 12.4. The molecule has 1 fully saturated rings. The predicted octanol–water partition coefficient (Wildman–Crippen LogP) is 3.74. The average Bonchev–Trinajstić information content (AvgIpc) is 3.26. The molecule has 1 aliphatic carbocycles. The quantitative estimate of drug-likeness (QED) is 0.631. The van der Waals surface area contributed by atoms with Crippen molar-refractivity contribution in [2.45, 2.75) is 44.3 Å². The minimum absolute atomic E-state index is 0.0547. The summed E-state index contributed by atoms with van der Waals surface area (Å²) in [6.45, 7) is 2.58. The molecule has 5 nitrogen and oxygen atoms in total. The van der Waals surface area contributed by atoms with E-state index >= 15 is 0 Å². The normalized spacial score (nSPS) is 16.7. The van der Waals surface area contributed by atoms with Crippen LogP contribution in [0.2, 0.25) is 0 Å². The van der Waals surface area contributed by atoms with Gasteiger partial charge in [0.05, 0.1) is 0 Å². The van der Waals surface area contributed by atoms with Crippen LogP contribution < -0.4 is 15.5 Å². The van der Waals surface area contributed by atoms with Crippen LogP contribution in [0.25, 0.3) is 0 Å². The van der Waals surface area contributed by atoms with Crippen LogP contribution in [-0.2, 0) is 19.4 Å². The number of nitrogens with one attached hydrogen (secondary N) is 2. The van der Waals surface area contributed by atoms with Crippen molar-refractivity contribution in [1.29, 1.82) is 0 Å². The molecular formula is C27H30N4O. The van der Waals surface area contributed by atoms with Crippen LogP contribution in [0, 0.1) is 0 Å². The van der Waals surface area contributed by atoms with Crippen molar-refractivity contribution in [3.63, 3.8) is 0 Å². The largest absolute Gasteiger partial charge is 0.371 e. The second-order valence-corrected chi connectivity index (χ2v) is 8.89. The molecule has 1 saturated heterocycles. The summed E-state index contributed by atoms with van der Waals surface area (Å²) < 4.78 is 0. The number of benzene rings is 2. The fourth-order valence-electron chi connectivity index (χ4n) is 4.93. The molecule has 2 heterocycles. The van der Waals surface area contributed by atoms with Crippen molar-refractivity contribution in [3.8, 4) is 0 Å². The summed E-state index contributed by atoms with van der Waals surface area (Å²) >= 11 is 0. The van der Waals surface area contributed by atoms with Gasteiger partial charge in [-0.25, -0.2) is 0 Å². The van der Waals surface area contributed by atoms with E-state index < -0.39 is 0 Å². The zero-order chi connectivity index (χ0) is 21.8. The van der Waals surface area contributed by atoms with Gasteiger partial charge < -0.3 is 15.5 Å². The minimum atomic E-state index is -0.0547. The van der Waals surface area contributed by atoms with E-state index in [-0.39, 0.29) is 5.91 Å². The van der Waals surface area contributed by atoms with Crippen molar-refractivity contribution in [3.05, 3.63) is 95.3 Å². The third-order valence-corrected chi connectivity index (χ3v) is 6.69. The third kappa shape index (κ3) is 4.83. The highest BCUT2D eigenvalue weighted by Crippen LogP contribution is 2.25. The molecule has 2 aromatic carbocycles. The van der Waals surface area contributed by atoms with Crippen LogP contribution in [0.5, 0.6) is 0 Å². The highest BCUT2D eigenvalue weighted by atomic mass is 16.1. The Labute approximate surface area is 189 Å².